The zero-order valence-corrected chi connectivity index (χ0v) is 8.03. The van der Waals surface area contributed by atoms with E-state index < -0.39 is 11.5 Å². The molecule has 5 N–H and O–H groups in total. The first kappa shape index (κ1) is 10.7. The number of carbonyl (C=O) groups is 1. The predicted molar refractivity (Wildman–Crippen MR) is 54.0 cm³/mol. The quantitative estimate of drug-likeness (QED) is 0.654. The maximum atomic E-state index is 10.6. The summed E-state index contributed by atoms with van der Waals surface area (Å²) in [5, 5.41) is 8.68. The Morgan fingerprint density at radius 2 is 1.93 bits per heavy atom. The lowest BCUT2D eigenvalue weighted by atomic mass is 9.93. The molecule has 0 aliphatic rings. The Morgan fingerprint density at radius 1 is 1.43 bits per heavy atom. The van der Waals surface area contributed by atoms with Gasteiger partial charge >= 0.3 is 5.97 Å². The number of hydrogen-bond donors (Lipinski definition) is 3. The van der Waals surface area contributed by atoms with Gasteiger partial charge in [-0.25, -0.2) is 4.79 Å². The van der Waals surface area contributed by atoms with E-state index in [0.29, 0.717) is 6.54 Å². The fourth-order valence-electron chi connectivity index (χ4n) is 1.11. The van der Waals surface area contributed by atoms with Crippen LogP contribution in [-0.2, 0) is 5.54 Å². The molecule has 1 aromatic carbocycles. The Bertz CT molecular complexity index is 330. The van der Waals surface area contributed by atoms with Crippen LogP contribution in [0.3, 0.4) is 0 Å². The second-order valence-electron chi connectivity index (χ2n) is 3.50. The summed E-state index contributed by atoms with van der Waals surface area (Å²) in [4.78, 5) is 10.6. The molecular weight excluding hydrogens is 180 g/mol. The van der Waals surface area contributed by atoms with Gasteiger partial charge in [0.15, 0.2) is 0 Å². The summed E-state index contributed by atoms with van der Waals surface area (Å²) >= 11 is 0. The number of hydrogen-bond acceptors (Lipinski definition) is 3. The molecule has 1 aromatic rings. The number of carboxylic acid groups (broad SMARTS) is 1. The lowest BCUT2D eigenvalue weighted by Crippen LogP contribution is -2.40. The van der Waals surface area contributed by atoms with Gasteiger partial charge in [-0.3, -0.25) is 0 Å². The molecule has 0 aliphatic heterocycles. The fraction of sp³-hybridized carbons (Fsp3) is 0.300. The van der Waals surface area contributed by atoms with Gasteiger partial charge in [0, 0.05) is 6.54 Å². The van der Waals surface area contributed by atoms with Crippen LogP contribution in [0.25, 0.3) is 0 Å². The van der Waals surface area contributed by atoms with Crippen molar-refractivity contribution in [3.05, 3.63) is 35.4 Å². The highest BCUT2D eigenvalue weighted by molar-refractivity contribution is 5.87. The van der Waals surface area contributed by atoms with E-state index >= 15 is 0 Å². The largest absolute Gasteiger partial charge is 0.478 e. The molecule has 0 aromatic heterocycles. The third kappa shape index (κ3) is 2.10. The molecule has 0 saturated heterocycles. The predicted octanol–water partition coefficient (Wildman–Crippen LogP) is 0.517. The van der Waals surface area contributed by atoms with E-state index in [0.717, 1.165) is 5.56 Å². The molecule has 4 heteroatoms. The van der Waals surface area contributed by atoms with E-state index in [2.05, 4.69) is 0 Å². The smallest absolute Gasteiger partial charge is 0.335 e. The standard InChI is InChI=1S/C10H14N2O2/c1-10(12,6-11)8-4-2-7(3-5-8)9(13)14/h2-5H,6,11-12H2,1H3,(H,13,14). The van der Waals surface area contributed by atoms with Gasteiger partial charge in [-0.15, -0.1) is 0 Å². The van der Waals surface area contributed by atoms with Crippen molar-refractivity contribution in [1.29, 1.82) is 0 Å². The van der Waals surface area contributed by atoms with Gasteiger partial charge in [0.25, 0.3) is 0 Å². The van der Waals surface area contributed by atoms with Crippen molar-refractivity contribution in [1.82, 2.24) is 0 Å². The van der Waals surface area contributed by atoms with Crippen LogP contribution in [0.4, 0.5) is 0 Å². The fourth-order valence-corrected chi connectivity index (χ4v) is 1.11. The van der Waals surface area contributed by atoms with Crippen LogP contribution in [0.1, 0.15) is 22.8 Å². The van der Waals surface area contributed by atoms with E-state index in [-0.39, 0.29) is 5.56 Å². The summed E-state index contributed by atoms with van der Waals surface area (Å²) in [5.41, 5.74) is 11.9. The van der Waals surface area contributed by atoms with Gasteiger partial charge < -0.3 is 16.6 Å². The molecule has 0 bridgehead atoms. The molecule has 0 radical (unpaired) electrons. The lowest BCUT2D eigenvalue weighted by Gasteiger charge is -2.22. The summed E-state index contributed by atoms with van der Waals surface area (Å²) in [7, 11) is 0. The zero-order chi connectivity index (χ0) is 10.8. The second kappa shape index (κ2) is 3.77. The van der Waals surface area contributed by atoms with Gasteiger partial charge in [-0.1, -0.05) is 12.1 Å². The summed E-state index contributed by atoms with van der Waals surface area (Å²) in [6.45, 7) is 2.13. The molecule has 1 rings (SSSR count). The van der Waals surface area contributed by atoms with E-state index in [1.54, 1.807) is 12.1 Å². The average molecular weight is 194 g/mol. The minimum absolute atomic E-state index is 0.251. The molecular formula is C10H14N2O2. The highest BCUT2D eigenvalue weighted by Crippen LogP contribution is 2.16. The van der Waals surface area contributed by atoms with Crippen LogP contribution < -0.4 is 11.5 Å². The third-order valence-corrected chi connectivity index (χ3v) is 2.22. The molecule has 0 aliphatic carbocycles. The van der Waals surface area contributed by atoms with Crippen LogP contribution in [-0.4, -0.2) is 17.6 Å². The van der Waals surface area contributed by atoms with E-state index in [1.807, 2.05) is 6.92 Å². The molecule has 14 heavy (non-hydrogen) atoms. The topological polar surface area (TPSA) is 89.3 Å². The average Bonchev–Trinajstić information content (AvgIpc) is 2.18. The number of carboxylic acids is 1. The van der Waals surface area contributed by atoms with Gasteiger partial charge in [0.1, 0.15) is 0 Å². The van der Waals surface area contributed by atoms with Crippen LogP contribution in [0, 0.1) is 0 Å². The Kier molecular flexibility index (Phi) is 2.88. The summed E-state index contributed by atoms with van der Waals surface area (Å²) in [6, 6.07) is 6.43. The number of aromatic carboxylic acids is 1. The maximum Gasteiger partial charge on any atom is 0.335 e. The van der Waals surface area contributed by atoms with Crippen molar-refractivity contribution in [2.45, 2.75) is 12.5 Å². The molecule has 76 valence electrons. The lowest BCUT2D eigenvalue weighted by molar-refractivity contribution is 0.0697. The minimum Gasteiger partial charge on any atom is -0.478 e. The second-order valence-corrected chi connectivity index (χ2v) is 3.50. The SMILES string of the molecule is CC(N)(CN)c1ccc(C(=O)O)cc1. The van der Waals surface area contributed by atoms with E-state index in [1.165, 1.54) is 12.1 Å². The van der Waals surface area contributed by atoms with Crippen LogP contribution in [0.15, 0.2) is 24.3 Å². The molecule has 1 unspecified atom stereocenters. The molecule has 0 amide bonds. The molecule has 0 spiro atoms. The van der Waals surface area contributed by atoms with E-state index in [9.17, 15) is 4.79 Å². The van der Waals surface area contributed by atoms with Crippen molar-refractivity contribution in [2.75, 3.05) is 6.54 Å². The Balaban J connectivity index is 2.99. The Labute approximate surface area is 82.5 Å². The highest BCUT2D eigenvalue weighted by atomic mass is 16.4. The number of nitrogens with two attached hydrogens (primary N) is 2. The first-order valence-electron chi connectivity index (χ1n) is 4.30. The molecule has 0 heterocycles. The van der Waals surface area contributed by atoms with Crippen molar-refractivity contribution >= 4 is 5.97 Å². The van der Waals surface area contributed by atoms with Crippen molar-refractivity contribution < 1.29 is 9.90 Å². The molecule has 1 atom stereocenters. The molecule has 0 saturated carbocycles. The Hall–Kier alpha value is -1.39. The Morgan fingerprint density at radius 3 is 2.29 bits per heavy atom. The molecule has 0 fully saturated rings. The first-order chi connectivity index (χ1) is 6.47. The van der Waals surface area contributed by atoms with Gasteiger partial charge in [-0.05, 0) is 24.6 Å². The monoisotopic (exact) mass is 194 g/mol. The maximum absolute atomic E-state index is 10.6. The molecule has 4 nitrogen and oxygen atoms in total. The number of rotatable bonds is 3. The summed E-state index contributed by atoms with van der Waals surface area (Å²) < 4.78 is 0. The summed E-state index contributed by atoms with van der Waals surface area (Å²) in [6.07, 6.45) is 0. The summed E-state index contributed by atoms with van der Waals surface area (Å²) in [5.74, 6) is -0.942. The normalized spacial score (nSPS) is 14.8. The van der Waals surface area contributed by atoms with Crippen molar-refractivity contribution in [3.63, 3.8) is 0 Å². The number of benzene rings is 1. The van der Waals surface area contributed by atoms with Gasteiger partial charge in [0.2, 0.25) is 0 Å². The van der Waals surface area contributed by atoms with Gasteiger partial charge in [0.05, 0.1) is 11.1 Å². The van der Waals surface area contributed by atoms with Crippen LogP contribution in [0.5, 0.6) is 0 Å². The van der Waals surface area contributed by atoms with E-state index in [4.69, 9.17) is 16.6 Å². The third-order valence-electron chi connectivity index (χ3n) is 2.22. The van der Waals surface area contributed by atoms with Gasteiger partial charge in [-0.2, -0.15) is 0 Å². The van der Waals surface area contributed by atoms with Crippen LogP contribution in [0.2, 0.25) is 0 Å². The first-order valence-corrected chi connectivity index (χ1v) is 4.30. The minimum atomic E-state index is -0.942. The van der Waals surface area contributed by atoms with Crippen LogP contribution >= 0.6 is 0 Å². The zero-order valence-electron chi connectivity index (χ0n) is 8.03. The van der Waals surface area contributed by atoms with Crippen molar-refractivity contribution in [2.24, 2.45) is 11.5 Å². The highest BCUT2D eigenvalue weighted by Gasteiger charge is 2.18. The van der Waals surface area contributed by atoms with Crippen molar-refractivity contribution in [3.8, 4) is 0 Å².